The average molecular weight is 317 g/mol. The summed E-state index contributed by atoms with van der Waals surface area (Å²) < 4.78 is 27.7. The average Bonchev–Trinajstić information content (AvgIpc) is 2.88. The van der Waals surface area contributed by atoms with Crippen LogP contribution in [0.1, 0.15) is 43.9 Å². The van der Waals surface area contributed by atoms with Crippen LogP contribution in [0.25, 0.3) is 0 Å². The van der Waals surface area contributed by atoms with Gasteiger partial charge in [-0.1, -0.05) is 26.2 Å². The van der Waals surface area contributed by atoms with E-state index in [1.54, 1.807) is 12.1 Å². The Bertz CT molecular complexity index is 530. The Balaban J connectivity index is 1.99. The van der Waals surface area contributed by atoms with Crippen molar-refractivity contribution in [2.24, 2.45) is 5.41 Å². The van der Waals surface area contributed by atoms with Crippen LogP contribution in [0.5, 0.6) is 0 Å². The van der Waals surface area contributed by atoms with Gasteiger partial charge in [0.25, 0.3) is 0 Å². The monoisotopic (exact) mass is 317 g/mol. The maximum Gasteiger partial charge on any atom is 0.250 e. The van der Waals surface area contributed by atoms with Gasteiger partial charge in [-0.15, -0.1) is 11.3 Å². The molecule has 1 aromatic rings. The first-order chi connectivity index (χ1) is 9.45. The standard InChI is InChI=1S/C14H23NO3S2/c1-14(8-3-2-4-9-14)11-15-20(17,18)13-6-5-12(19-13)7-10-16/h5-6,15-16H,2-4,7-11H2,1H3. The molecule has 0 bridgehead atoms. The lowest BCUT2D eigenvalue weighted by Crippen LogP contribution is -2.36. The van der Waals surface area contributed by atoms with Gasteiger partial charge in [0.15, 0.2) is 0 Å². The summed E-state index contributed by atoms with van der Waals surface area (Å²) in [5.41, 5.74) is 0.0938. The molecule has 0 atom stereocenters. The predicted octanol–water partition coefficient (Wildman–Crippen LogP) is 2.53. The van der Waals surface area contributed by atoms with Gasteiger partial charge in [0.2, 0.25) is 10.0 Å². The number of sulfonamides is 1. The van der Waals surface area contributed by atoms with Crippen molar-refractivity contribution in [3.05, 3.63) is 17.0 Å². The summed E-state index contributed by atoms with van der Waals surface area (Å²) >= 11 is 1.24. The van der Waals surface area contributed by atoms with Crippen LogP contribution in [0.15, 0.2) is 16.3 Å². The zero-order chi connectivity index (χ0) is 14.6. The number of thiophene rings is 1. The van der Waals surface area contributed by atoms with E-state index in [9.17, 15) is 8.42 Å². The first-order valence-corrected chi connectivity index (χ1v) is 9.44. The molecule has 1 fully saturated rings. The van der Waals surface area contributed by atoms with Crippen LogP contribution >= 0.6 is 11.3 Å². The van der Waals surface area contributed by atoms with Crippen LogP contribution in [-0.2, 0) is 16.4 Å². The summed E-state index contributed by atoms with van der Waals surface area (Å²) in [6.45, 7) is 2.73. The lowest BCUT2D eigenvalue weighted by Gasteiger charge is -2.33. The highest BCUT2D eigenvalue weighted by Gasteiger charge is 2.29. The Kier molecular flexibility index (Phi) is 5.23. The number of hydrogen-bond donors (Lipinski definition) is 2. The van der Waals surface area contributed by atoms with Gasteiger partial charge in [-0.3, -0.25) is 0 Å². The SMILES string of the molecule is CC1(CNS(=O)(=O)c2ccc(CCO)s2)CCCCC1. The van der Waals surface area contributed by atoms with Crippen molar-refractivity contribution in [2.45, 2.75) is 49.7 Å². The fraction of sp³-hybridized carbons (Fsp3) is 0.714. The van der Waals surface area contributed by atoms with E-state index in [0.717, 1.165) is 17.7 Å². The highest BCUT2D eigenvalue weighted by Crippen LogP contribution is 2.35. The van der Waals surface area contributed by atoms with Gasteiger partial charge in [-0.05, 0) is 30.4 Å². The Morgan fingerprint density at radius 1 is 1.30 bits per heavy atom. The maximum absolute atomic E-state index is 12.3. The van der Waals surface area contributed by atoms with Gasteiger partial charge < -0.3 is 5.11 Å². The van der Waals surface area contributed by atoms with Crippen molar-refractivity contribution < 1.29 is 13.5 Å². The molecule has 2 rings (SSSR count). The van der Waals surface area contributed by atoms with Crippen LogP contribution in [-0.4, -0.2) is 26.7 Å². The lowest BCUT2D eigenvalue weighted by atomic mass is 9.76. The summed E-state index contributed by atoms with van der Waals surface area (Å²) in [5.74, 6) is 0. The van der Waals surface area contributed by atoms with Crippen molar-refractivity contribution in [3.63, 3.8) is 0 Å². The molecule has 0 amide bonds. The van der Waals surface area contributed by atoms with E-state index >= 15 is 0 Å². The molecule has 1 aromatic heterocycles. The molecule has 1 aliphatic rings. The fourth-order valence-electron chi connectivity index (χ4n) is 2.67. The van der Waals surface area contributed by atoms with Crippen LogP contribution in [0.2, 0.25) is 0 Å². The minimum absolute atomic E-state index is 0.0471. The van der Waals surface area contributed by atoms with Crippen molar-refractivity contribution in [2.75, 3.05) is 13.2 Å². The van der Waals surface area contributed by atoms with Crippen molar-refractivity contribution >= 4 is 21.4 Å². The zero-order valence-electron chi connectivity index (χ0n) is 11.9. The Labute approximate surface area is 125 Å². The molecule has 6 heteroatoms. The van der Waals surface area contributed by atoms with E-state index in [-0.39, 0.29) is 12.0 Å². The third-order valence-electron chi connectivity index (χ3n) is 4.01. The Morgan fingerprint density at radius 3 is 2.65 bits per heavy atom. The van der Waals surface area contributed by atoms with Crippen molar-refractivity contribution in [1.82, 2.24) is 4.72 Å². The zero-order valence-corrected chi connectivity index (χ0v) is 13.5. The second kappa shape index (κ2) is 6.56. The molecule has 114 valence electrons. The second-order valence-corrected chi connectivity index (χ2v) is 9.05. The van der Waals surface area contributed by atoms with Crippen LogP contribution in [0.4, 0.5) is 0 Å². The molecule has 0 radical (unpaired) electrons. The Hall–Kier alpha value is -0.430. The summed E-state index contributed by atoms with van der Waals surface area (Å²) in [5, 5.41) is 8.88. The molecule has 4 nitrogen and oxygen atoms in total. The topological polar surface area (TPSA) is 66.4 Å². The number of hydrogen-bond acceptors (Lipinski definition) is 4. The molecule has 0 aliphatic heterocycles. The first-order valence-electron chi connectivity index (χ1n) is 7.14. The molecule has 0 spiro atoms. The minimum Gasteiger partial charge on any atom is -0.396 e. The van der Waals surface area contributed by atoms with Gasteiger partial charge >= 0.3 is 0 Å². The second-order valence-electron chi connectivity index (χ2n) is 5.89. The highest BCUT2D eigenvalue weighted by atomic mass is 32.2. The molecular weight excluding hydrogens is 294 g/mol. The fourth-order valence-corrected chi connectivity index (χ4v) is 5.26. The molecule has 0 saturated heterocycles. The summed E-state index contributed by atoms with van der Waals surface area (Å²) in [6.07, 6.45) is 6.34. The van der Waals surface area contributed by atoms with Crippen LogP contribution in [0, 0.1) is 5.41 Å². The largest absolute Gasteiger partial charge is 0.396 e. The van der Waals surface area contributed by atoms with E-state index in [4.69, 9.17) is 5.11 Å². The van der Waals surface area contributed by atoms with Crippen LogP contribution < -0.4 is 4.72 Å². The Morgan fingerprint density at radius 2 is 2.00 bits per heavy atom. The van der Waals surface area contributed by atoms with E-state index in [1.165, 1.54) is 30.6 Å². The molecular formula is C14H23NO3S2. The van der Waals surface area contributed by atoms with Crippen molar-refractivity contribution in [3.8, 4) is 0 Å². The quantitative estimate of drug-likeness (QED) is 0.847. The number of rotatable bonds is 6. The number of aliphatic hydroxyl groups is 1. The minimum atomic E-state index is -3.41. The molecule has 0 aromatic carbocycles. The molecule has 1 aliphatic carbocycles. The number of nitrogens with one attached hydrogen (secondary N) is 1. The third kappa shape index (κ3) is 4.04. The predicted molar refractivity (Wildman–Crippen MR) is 81.5 cm³/mol. The van der Waals surface area contributed by atoms with Gasteiger partial charge in [0, 0.05) is 24.4 Å². The maximum atomic E-state index is 12.3. The van der Waals surface area contributed by atoms with E-state index < -0.39 is 10.0 Å². The van der Waals surface area contributed by atoms with Gasteiger partial charge in [0.1, 0.15) is 4.21 Å². The normalized spacial score (nSPS) is 19.1. The lowest BCUT2D eigenvalue weighted by molar-refractivity contribution is 0.219. The van der Waals surface area contributed by atoms with E-state index in [2.05, 4.69) is 11.6 Å². The molecule has 0 unspecified atom stereocenters. The third-order valence-corrected chi connectivity index (χ3v) is 7.05. The van der Waals surface area contributed by atoms with Crippen molar-refractivity contribution in [1.29, 1.82) is 0 Å². The van der Waals surface area contributed by atoms with Crippen LogP contribution in [0.3, 0.4) is 0 Å². The molecule has 1 saturated carbocycles. The van der Waals surface area contributed by atoms with Gasteiger partial charge in [-0.2, -0.15) is 0 Å². The van der Waals surface area contributed by atoms with Gasteiger partial charge in [-0.25, -0.2) is 13.1 Å². The molecule has 20 heavy (non-hydrogen) atoms. The summed E-state index contributed by atoms with van der Waals surface area (Å²) in [6, 6.07) is 3.40. The molecule has 2 N–H and O–H groups in total. The smallest absolute Gasteiger partial charge is 0.250 e. The van der Waals surface area contributed by atoms with E-state index in [0.29, 0.717) is 17.2 Å². The first kappa shape index (κ1) is 15.9. The van der Waals surface area contributed by atoms with Gasteiger partial charge in [0.05, 0.1) is 0 Å². The number of aliphatic hydroxyl groups excluding tert-OH is 1. The highest BCUT2D eigenvalue weighted by molar-refractivity contribution is 7.91. The summed E-state index contributed by atoms with van der Waals surface area (Å²) in [7, 11) is -3.41. The molecule has 1 heterocycles. The van der Waals surface area contributed by atoms with E-state index in [1.807, 2.05) is 0 Å². The summed E-state index contributed by atoms with van der Waals surface area (Å²) in [4.78, 5) is 0.900.